The number of nitrogen functional groups attached to an aromatic ring is 1. The van der Waals surface area contributed by atoms with Crippen molar-refractivity contribution in [1.82, 2.24) is 9.55 Å². The fourth-order valence-electron chi connectivity index (χ4n) is 2.34. The summed E-state index contributed by atoms with van der Waals surface area (Å²) >= 11 is 0. The van der Waals surface area contributed by atoms with E-state index >= 15 is 0 Å². The molecule has 0 fully saturated rings. The van der Waals surface area contributed by atoms with E-state index in [9.17, 15) is 24.0 Å². The smallest absolute Gasteiger partial charge is 0.309 e. The molecule has 0 spiro atoms. The van der Waals surface area contributed by atoms with Gasteiger partial charge in [-0.15, -0.1) is 0 Å². The number of carbonyl (C=O) groups is 4. The van der Waals surface area contributed by atoms with E-state index in [1.165, 1.54) is 14.2 Å². The van der Waals surface area contributed by atoms with Crippen molar-refractivity contribution in [2.24, 2.45) is 12.0 Å². The number of ether oxygens (including phenoxy) is 5. The molecule has 0 aromatic carbocycles. The topological polar surface area (TPSA) is 188 Å². The molecule has 1 aromatic heterocycles. The highest BCUT2D eigenvalue weighted by molar-refractivity contribution is 5.94. The van der Waals surface area contributed by atoms with Crippen LogP contribution < -0.4 is 16.0 Å². The summed E-state index contributed by atoms with van der Waals surface area (Å²) in [5.41, 5.74) is 4.52. The van der Waals surface area contributed by atoms with Crippen LogP contribution in [0.1, 0.15) is 27.7 Å². The van der Waals surface area contributed by atoms with Gasteiger partial charge in [0.25, 0.3) is 5.56 Å². The fraction of sp³-hybridized carbons (Fsp3) is 0.500. The molecule has 0 bridgehead atoms. The van der Waals surface area contributed by atoms with Crippen LogP contribution in [0.25, 0.3) is 0 Å². The minimum Gasteiger partial charge on any atom is -0.468 e. The summed E-state index contributed by atoms with van der Waals surface area (Å²) in [5, 5.41) is 0. The average Bonchev–Trinajstić information content (AvgIpc) is 2.67. The zero-order valence-electron chi connectivity index (χ0n) is 18.4. The molecule has 0 radical (unpaired) electrons. The Morgan fingerprint density at radius 2 is 1.62 bits per heavy atom. The van der Waals surface area contributed by atoms with Crippen molar-refractivity contribution in [3.63, 3.8) is 0 Å². The monoisotopic (exact) mass is 456 g/mol. The van der Waals surface area contributed by atoms with Gasteiger partial charge >= 0.3 is 29.9 Å². The lowest BCUT2D eigenvalue weighted by atomic mass is 10.2. The lowest BCUT2D eigenvalue weighted by Gasteiger charge is -2.26. The van der Waals surface area contributed by atoms with E-state index in [4.69, 9.17) is 29.4 Å². The van der Waals surface area contributed by atoms with Crippen molar-refractivity contribution in [3.05, 3.63) is 10.4 Å². The number of hydrogen-bond donors (Lipinski definition) is 1. The molecular formula is C18H24N4O10. The normalized spacial score (nSPS) is 12.9. The van der Waals surface area contributed by atoms with Gasteiger partial charge in [-0.1, -0.05) is 0 Å². The summed E-state index contributed by atoms with van der Waals surface area (Å²) in [6.07, 6.45) is -3.17. The van der Waals surface area contributed by atoms with Gasteiger partial charge in [-0.25, -0.2) is 4.99 Å². The quantitative estimate of drug-likeness (QED) is 0.226. The van der Waals surface area contributed by atoms with Crippen LogP contribution in [0.5, 0.6) is 6.01 Å². The van der Waals surface area contributed by atoms with Crippen LogP contribution in [0.2, 0.25) is 0 Å². The summed E-state index contributed by atoms with van der Waals surface area (Å²) in [6.45, 7) is 3.61. The number of esters is 4. The molecule has 0 aliphatic rings. The van der Waals surface area contributed by atoms with Gasteiger partial charge < -0.3 is 29.4 Å². The van der Waals surface area contributed by atoms with Crippen LogP contribution in [0.4, 0.5) is 11.5 Å². The Morgan fingerprint density at radius 3 is 2.09 bits per heavy atom. The van der Waals surface area contributed by atoms with E-state index in [0.717, 1.165) is 32.3 Å². The third kappa shape index (κ3) is 7.37. The van der Waals surface area contributed by atoms with Crippen LogP contribution in [-0.2, 0) is 45.2 Å². The Labute approximate surface area is 182 Å². The Hall–Kier alpha value is -3.97. The number of nitrogens with two attached hydrogens (primary N) is 1. The highest BCUT2D eigenvalue weighted by Crippen LogP contribution is 2.20. The predicted molar refractivity (Wildman–Crippen MR) is 107 cm³/mol. The average molecular weight is 456 g/mol. The second kappa shape index (κ2) is 11.4. The summed E-state index contributed by atoms with van der Waals surface area (Å²) in [5.74, 6) is -4.41. The van der Waals surface area contributed by atoms with Crippen LogP contribution in [-0.4, -0.2) is 65.3 Å². The molecule has 0 unspecified atom stereocenters. The van der Waals surface area contributed by atoms with Crippen LogP contribution >= 0.6 is 0 Å². The number of rotatable bonds is 8. The SMILES string of the molecule is COc1nc(N)c(N=C(OC(C)=O)[C@H](OC(C)=O)[C@@H](COC(C)=O)OC(C)=O)c(=O)n1C. The third-order valence-corrected chi connectivity index (χ3v) is 3.55. The van der Waals surface area contributed by atoms with Gasteiger partial charge in [-0.2, -0.15) is 4.98 Å². The summed E-state index contributed by atoms with van der Waals surface area (Å²) in [4.78, 5) is 66.7. The highest BCUT2D eigenvalue weighted by Gasteiger charge is 2.36. The molecule has 1 aromatic rings. The molecule has 0 aliphatic heterocycles. The second-order valence-corrected chi connectivity index (χ2v) is 6.22. The van der Waals surface area contributed by atoms with E-state index in [0.29, 0.717) is 0 Å². The standard InChI is InChI=1S/C18H24N4O10/c1-8(23)29-7-12(30-9(2)24)14(31-10(3)25)16(32-11(4)26)20-13-15(19)21-18(28-6)22(5)17(13)27/h12,14H,7,19H2,1-6H3/t12-,14-/m1/s1. The molecule has 0 amide bonds. The first-order chi connectivity index (χ1) is 14.9. The minimum atomic E-state index is -1.69. The first kappa shape index (κ1) is 26.1. The van der Waals surface area contributed by atoms with Crippen molar-refractivity contribution >= 4 is 41.3 Å². The van der Waals surface area contributed by atoms with E-state index in [1.807, 2.05) is 0 Å². The zero-order chi connectivity index (χ0) is 24.6. The first-order valence-electron chi connectivity index (χ1n) is 9.02. The van der Waals surface area contributed by atoms with E-state index in [1.54, 1.807) is 0 Å². The number of hydrogen-bond acceptors (Lipinski definition) is 13. The maximum absolute atomic E-state index is 12.7. The molecule has 2 atom stereocenters. The van der Waals surface area contributed by atoms with Gasteiger partial charge in [0, 0.05) is 34.7 Å². The van der Waals surface area contributed by atoms with Crippen molar-refractivity contribution in [3.8, 4) is 6.01 Å². The molecule has 0 saturated carbocycles. The van der Waals surface area contributed by atoms with Crippen LogP contribution in [0, 0.1) is 0 Å². The molecule has 14 heteroatoms. The highest BCUT2D eigenvalue weighted by atomic mass is 16.6. The Balaban J connectivity index is 3.70. The zero-order valence-corrected chi connectivity index (χ0v) is 18.4. The van der Waals surface area contributed by atoms with E-state index in [2.05, 4.69) is 9.98 Å². The molecule has 14 nitrogen and oxygen atoms in total. The maximum atomic E-state index is 12.7. The second-order valence-electron chi connectivity index (χ2n) is 6.22. The summed E-state index contributed by atoms with van der Waals surface area (Å²) in [6, 6.07) is -0.121. The molecule has 32 heavy (non-hydrogen) atoms. The first-order valence-corrected chi connectivity index (χ1v) is 9.02. The Bertz CT molecular complexity index is 985. The van der Waals surface area contributed by atoms with Gasteiger partial charge in [0.05, 0.1) is 7.11 Å². The number of nitrogens with zero attached hydrogens (tertiary/aromatic N) is 3. The van der Waals surface area contributed by atoms with Crippen molar-refractivity contribution < 1.29 is 42.9 Å². The molecule has 1 heterocycles. The molecular weight excluding hydrogens is 432 g/mol. The fourth-order valence-corrected chi connectivity index (χ4v) is 2.34. The van der Waals surface area contributed by atoms with Crippen LogP contribution in [0.3, 0.4) is 0 Å². The summed E-state index contributed by atoms with van der Waals surface area (Å²) in [7, 11) is 2.59. The molecule has 0 saturated heterocycles. The summed E-state index contributed by atoms with van der Waals surface area (Å²) < 4.78 is 26.0. The number of methoxy groups -OCH3 is 1. The Kier molecular flexibility index (Phi) is 9.31. The number of carbonyl (C=O) groups excluding carboxylic acids is 4. The number of aromatic nitrogens is 2. The Morgan fingerprint density at radius 1 is 1.03 bits per heavy atom. The van der Waals surface area contributed by atoms with Crippen molar-refractivity contribution in [2.75, 3.05) is 19.5 Å². The molecule has 2 N–H and O–H groups in total. The number of anilines is 1. The van der Waals surface area contributed by atoms with Gasteiger partial charge in [0.2, 0.25) is 12.0 Å². The predicted octanol–water partition coefficient (Wildman–Crippen LogP) is -0.609. The van der Waals surface area contributed by atoms with E-state index < -0.39 is 59.8 Å². The van der Waals surface area contributed by atoms with Crippen LogP contribution in [0.15, 0.2) is 9.79 Å². The lowest BCUT2D eigenvalue weighted by molar-refractivity contribution is -0.169. The number of aliphatic imine (C=N–C) groups is 1. The minimum absolute atomic E-state index is 0.121. The van der Waals surface area contributed by atoms with Crippen molar-refractivity contribution in [1.29, 1.82) is 0 Å². The molecule has 0 aliphatic carbocycles. The lowest BCUT2D eigenvalue weighted by Crippen LogP contribution is -2.45. The third-order valence-electron chi connectivity index (χ3n) is 3.55. The van der Waals surface area contributed by atoms with Crippen molar-refractivity contribution in [2.45, 2.75) is 39.9 Å². The molecule has 1 rings (SSSR count). The largest absolute Gasteiger partial charge is 0.468 e. The molecule has 176 valence electrons. The van der Waals surface area contributed by atoms with E-state index in [-0.39, 0.29) is 11.8 Å². The maximum Gasteiger partial charge on any atom is 0.309 e. The van der Waals surface area contributed by atoms with Gasteiger partial charge in [0.15, 0.2) is 17.6 Å². The van der Waals surface area contributed by atoms with Gasteiger partial charge in [-0.3, -0.25) is 28.5 Å². The van der Waals surface area contributed by atoms with Gasteiger partial charge in [-0.05, 0) is 0 Å². The van der Waals surface area contributed by atoms with Gasteiger partial charge in [0.1, 0.15) is 6.61 Å².